The Morgan fingerprint density at radius 3 is 2.43 bits per heavy atom. The molecule has 28 heavy (non-hydrogen) atoms. The van der Waals surface area contributed by atoms with Gasteiger partial charge in [0.05, 0.1) is 19.8 Å². The molecule has 0 saturated carbocycles. The van der Waals surface area contributed by atoms with Crippen molar-refractivity contribution >= 4 is 11.8 Å². The first-order valence-electron chi connectivity index (χ1n) is 10.3. The zero-order chi connectivity index (χ0) is 20.7. The van der Waals surface area contributed by atoms with Crippen LogP contribution in [0.1, 0.15) is 50.0 Å². The summed E-state index contributed by atoms with van der Waals surface area (Å²) in [6.45, 7) is 14.3. The molecule has 1 fully saturated rings. The molecular formula is C22H36N3O3+. The highest BCUT2D eigenvalue weighted by molar-refractivity contribution is 5.98. The monoisotopic (exact) mass is 390 g/mol. The third-order valence-corrected chi connectivity index (χ3v) is 5.48. The third kappa shape index (κ3) is 6.31. The van der Waals surface area contributed by atoms with Gasteiger partial charge in [0.1, 0.15) is 24.7 Å². The molecule has 0 spiro atoms. The first-order valence-corrected chi connectivity index (χ1v) is 10.3. The van der Waals surface area contributed by atoms with Crippen LogP contribution in [-0.4, -0.2) is 56.2 Å². The number of quaternary nitrogens is 1. The topological polar surface area (TPSA) is 71.9 Å². The van der Waals surface area contributed by atoms with E-state index in [1.165, 1.54) is 4.90 Å². The van der Waals surface area contributed by atoms with Crippen molar-refractivity contribution in [1.29, 1.82) is 0 Å². The van der Waals surface area contributed by atoms with Gasteiger partial charge in [-0.3, -0.25) is 9.59 Å². The minimum absolute atomic E-state index is 0.0815. The average molecular weight is 391 g/mol. The van der Waals surface area contributed by atoms with Crippen molar-refractivity contribution in [2.24, 2.45) is 5.92 Å². The van der Waals surface area contributed by atoms with Gasteiger partial charge in [0, 0.05) is 5.56 Å². The van der Waals surface area contributed by atoms with E-state index in [1.54, 1.807) is 6.07 Å². The van der Waals surface area contributed by atoms with Crippen LogP contribution in [0.15, 0.2) is 24.3 Å². The molecule has 1 aliphatic heterocycles. The number of benzene rings is 1. The van der Waals surface area contributed by atoms with Gasteiger partial charge in [-0.2, -0.15) is 0 Å². The summed E-state index contributed by atoms with van der Waals surface area (Å²) in [4.78, 5) is 27.0. The SMILES string of the molecule is Cc1ccccc1C(=O)N[C@@H](CC(C)C)C(=O)NCC(C)(C)[NH+]1CCOCC1. The summed E-state index contributed by atoms with van der Waals surface area (Å²) in [5.41, 5.74) is 1.44. The highest BCUT2D eigenvalue weighted by atomic mass is 16.5. The van der Waals surface area contributed by atoms with Crippen molar-refractivity contribution in [3.05, 3.63) is 35.4 Å². The number of hydrogen-bond acceptors (Lipinski definition) is 3. The zero-order valence-electron chi connectivity index (χ0n) is 17.9. The summed E-state index contributed by atoms with van der Waals surface area (Å²) in [6, 6.07) is 6.90. The molecule has 0 unspecified atom stereocenters. The lowest BCUT2D eigenvalue weighted by atomic mass is 9.99. The van der Waals surface area contributed by atoms with Crippen LogP contribution >= 0.6 is 0 Å². The smallest absolute Gasteiger partial charge is 0.252 e. The molecule has 1 atom stereocenters. The molecule has 0 aromatic heterocycles. The Balaban J connectivity index is 2.00. The molecule has 6 nitrogen and oxygen atoms in total. The highest BCUT2D eigenvalue weighted by Gasteiger charge is 2.33. The largest absolute Gasteiger partial charge is 0.370 e. The van der Waals surface area contributed by atoms with Crippen LogP contribution in [0.25, 0.3) is 0 Å². The zero-order valence-corrected chi connectivity index (χ0v) is 17.9. The molecule has 2 amide bonds. The number of ether oxygens (including phenoxy) is 1. The molecule has 6 heteroatoms. The maximum Gasteiger partial charge on any atom is 0.252 e. The van der Waals surface area contributed by atoms with Crippen LogP contribution < -0.4 is 15.5 Å². The lowest BCUT2D eigenvalue weighted by molar-refractivity contribution is -0.954. The van der Waals surface area contributed by atoms with E-state index in [-0.39, 0.29) is 17.4 Å². The first kappa shape index (κ1) is 22.4. The summed E-state index contributed by atoms with van der Waals surface area (Å²) in [5.74, 6) is -0.0147. The van der Waals surface area contributed by atoms with Gasteiger partial charge in [-0.1, -0.05) is 32.0 Å². The lowest BCUT2D eigenvalue weighted by Gasteiger charge is -2.38. The minimum Gasteiger partial charge on any atom is -0.370 e. The van der Waals surface area contributed by atoms with E-state index in [0.717, 1.165) is 31.9 Å². The van der Waals surface area contributed by atoms with Crippen LogP contribution in [0.3, 0.4) is 0 Å². The highest BCUT2D eigenvalue weighted by Crippen LogP contribution is 2.10. The summed E-state index contributed by atoms with van der Waals surface area (Å²) >= 11 is 0. The summed E-state index contributed by atoms with van der Waals surface area (Å²) < 4.78 is 5.44. The van der Waals surface area contributed by atoms with Crippen molar-refractivity contribution in [1.82, 2.24) is 10.6 Å². The predicted molar refractivity (Wildman–Crippen MR) is 110 cm³/mol. The van der Waals surface area contributed by atoms with Crippen molar-refractivity contribution in [3.63, 3.8) is 0 Å². The second kappa shape index (κ2) is 10.0. The number of amides is 2. The molecule has 156 valence electrons. The molecule has 1 aromatic rings. The second-order valence-electron chi connectivity index (χ2n) is 8.79. The van der Waals surface area contributed by atoms with Crippen LogP contribution in [0.5, 0.6) is 0 Å². The lowest BCUT2D eigenvalue weighted by Crippen LogP contribution is -3.22. The van der Waals surface area contributed by atoms with E-state index in [1.807, 2.05) is 25.1 Å². The standard InChI is InChI=1S/C22H35N3O3/c1-16(2)14-19(24-20(26)18-9-7-6-8-17(18)3)21(27)23-15-22(4,5)25-10-12-28-13-11-25/h6-9,16,19H,10-15H2,1-5H3,(H,23,27)(H,24,26)/p+1/t19-/m0/s1. The molecule has 1 saturated heterocycles. The Morgan fingerprint density at radius 2 is 1.82 bits per heavy atom. The van der Waals surface area contributed by atoms with Gasteiger partial charge in [-0.15, -0.1) is 0 Å². The van der Waals surface area contributed by atoms with Crippen molar-refractivity contribution < 1.29 is 19.2 Å². The van der Waals surface area contributed by atoms with Gasteiger partial charge < -0.3 is 20.3 Å². The van der Waals surface area contributed by atoms with E-state index in [9.17, 15) is 9.59 Å². The summed E-state index contributed by atoms with van der Waals surface area (Å²) in [7, 11) is 0. The van der Waals surface area contributed by atoms with E-state index in [4.69, 9.17) is 4.74 Å². The first-order chi connectivity index (χ1) is 13.2. The van der Waals surface area contributed by atoms with Crippen LogP contribution in [0.2, 0.25) is 0 Å². The fourth-order valence-corrected chi connectivity index (χ4v) is 3.62. The fraction of sp³-hybridized carbons (Fsp3) is 0.636. The summed E-state index contributed by atoms with van der Waals surface area (Å²) in [5, 5.41) is 6.03. The molecule has 1 heterocycles. The fourth-order valence-electron chi connectivity index (χ4n) is 3.62. The van der Waals surface area contributed by atoms with Crippen molar-refractivity contribution in [2.75, 3.05) is 32.8 Å². The Hall–Kier alpha value is -1.92. The maximum absolute atomic E-state index is 12.9. The van der Waals surface area contributed by atoms with Gasteiger partial charge >= 0.3 is 0 Å². The van der Waals surface area contributed by atoms with Gasteiger partial charge in [0.2, 0.25) is 5.91 Å². The van der Waals surface area contributed by atoms with Crippen LogP contribution in [0, 0.1) is 12.8 Å². The normalized spacial score (nSPS) is 16.6. The minimum atomic E-state index is -0.539. The predicted octanol–water partition coefficient (Wildman–Crippen LogP) is 0.949. The third-order valence-electron chi connectivity index (χ3n) is 5.48. The molecular weight excluding hydrogens is 354 g/mol. The van der Waals surface area contributed by atoms with E-state index >= 15 is 0 Å². The number of carbonyl (C=O) groups is 2. The van der Waals surface area contributed by atoms with Crippen LogP contribution in [0.4, 0.5) is 0 Å². The van der Waals surface area contributed by atoms with E-state index in [2.05, 4.69) is 38.3 Å². The Morgan fingerprint density at radius 1 is 1.18 bits per heavy atom. The average Bonchev–Trinajstić information content (AvgIpc) is 2.66. The molecule has 1 aromatic carbocycles. The number of rotatable bonds is 8. The molecule has 0 radical (unpaired) electrons. The number of carbonyl (C=O) groups excluding carboxylic acids is 2. The van der Waals surface area contributed by atoms with Gasteiger partial charge in [0.15, 0.2) is 0 Å². The molecule has 3 N–H and O–H groups in total. The van der Waals surface area contributed by atoms with Gasteiger partial charge in [-0.25, -0.2) is 0 Å². The Kier molecular flexibility index (Phi) is 8.01. The number of morpholine rings is 1. The van der Waals surface area contributed by atoms with Crippen molar-refractivity contribution in [3.8, 4) is 0 Å². The number of hydrogen-bond donors (Lipinski definition) is 3. The molecule has 2 rings (SSSR count). The second-order valence-corrected chi connectivity index (χ2v) is 8.79. The molecule has 0 bridgehead atoms. The van der Waals surface area contributed by atoms with E-state index < -0.39 is 6.04 Å². The molecule has 0 aliphatic carbocycles. The Labute approximate surface area is 169 Å². The number of aryl methyl sites for hydroxylation is 1. The van der Waals surface area contributed by atoms with Crippen molar-refractivity contribution in [2.45, 2.75) is 52.6 Å². The van der Waals surface area contributed by atoms with E-state index in [0.29, 0.717) is 24.4 Å². The van der Waals surface area contributed by atoms with Gasteiger partial charge in [-0.05, 0) is 44.7 Å². The summed E-state index contributed by atoms with van der Waals surface area (Å²) in [6.07, 6.45) is 0.605. The number of nitrogens with one attached hydrogen (secondary N) is 3. The quantitative estimate of drug-likeness (QED) is 0.619. The van der Waals surface area contributed by atoms with Gasteiger partial charge in [0.25, 0.3) is 5.91 Å². The maximum atomic E-state index is 12.9. The van der Waals surface area contributed by atoms with Crippen LogP contribution in [-0.2, 0) is 9.53 Å². The Bertz CT molecular complexity index is 667. The molecule has 1 aliphatic rings.